The van der Waals surface area contributed by atoms with Crippen molar-refractivity contribution in [2.75, 3.05) is 51.3 Å². The number of fused-ring (bicyclic) bond motifs is 1. The number of hydrogen-bond donors (Lipinski definition) is 2. The Morgan fingerprint density at radius 3 is 2.81 bits per heavy atom. The molecule has 0 aliphatic carbocycles. The molecule has 1 aromatic carbocycles. The van der Waals surface area contributed by atoms with Crippen molar-refractivity contribution in [3.05, 3.63) is 51.3 Å². The Bertz CT molecular complexity index is 954. The molecule has 0 spiro atoms. The minimum Gasteiger partial charge on any atom is -0.379 e. The first kappa shape index (κ1) is 23.0. The van der Waals surface area contributed by atoms with E-state index in [1.54, 1.807) is 17.0 Å². The number of nitrogens with zero attached hydrogens (tertiary/aromatic N) is 4. The number of urea groups is 1. The molecular weight excluding hydrogens is 451 g/mol. The lowest BCUT2D eigenvalue weighted by Crippen LogP contribution is -2.44. The van der Waals surface area contributed by atoms with Gasteiger partial charge in [-0.2, -0.15) is 0 Å². The topological polar surface area (TPSA) is 82.6 Å². The van der Waals surface area contributed by atoms with Gasteiger partial charge in [0.05, 0.1) is 41.5 Å². The lowest BCUT2D eigenvalue weighted by molar-refractivity contribution is 0.0398. The average Bonchev–Trinajstić information content (AvgIpc) is 2.81. The number of amides is 2. The van der Waals surface area contributed by atoms with E-state index >= 15 is 0 Å². The highest BCUT2D eigenvalue weighted by atomic mass is 35.5. The molecule has 1 atom stereocenters. The number of aromatic nitrogens is 2. The number of carbonyl (C=O) groups is 1. The minimum absolute atomic E-state index is 0.130. The molecule has 1 saturated heterocycles. The molecule has 1 aromatic heterocycles. The molecule has 0 radical (unpaired) electrons. The van der Waals surface area contributed by atoms with Crippen molar-refractivity contribution in [1.82, 2.24) is 25.1 Å². The first-order chi connectivity index (χ1) is 15.5. The summed E-state index contributed by atoms with van der Waals surface area (Å²) in [7, 11) is 0. The molecule has 0 bridgehead atoms. The van der Waals surface area contributed by atoms with Crippen molar-refractivity contribution < 1.29 is 9.53 Å². The second-order valence-corrected chi connectivity index (χ2v) is 8.88. The number of morpholine rings is 1. The minimum atomic E-state index is -0.193. The predicted molar refractivity (Wildman–Crippen MR) is 125 cm³/mol. The van der Waals surface area contributed by atoms with Crippen LogP contribution in [-0.4, -0.2) is 71.7 Å². The van der Waals surface area contributed by atoms with Gasteiger partial charge in [0.15, 0.2) is 0 Å². The van der Waals surface area contributed by atoms with E-state index in [0.717, 1.165) is 62.6 Å². The summed E-state index contributed by atoms with van der Waals surface area (Å²) in [6, 6.07) is 5.06. The third-order valence-electron chi connectivity index (χ3n) is 5.83. The van der Waals surface area contributed by atoms with Gasteiger partial charge in [-0.3, -0.25) is 4.90 Å². The molecule has 2 amide bonds. The van der Waals surface area contributed by atoms with Gasteiger partial charge in [0, 0.05) is 38.9 Å². The first-order valence-corrected chi connectivity index (χ1v) is 11.6. The molecule has 4 rings (SSSR count). The molecular formula is C22H28Cl2N6O2. The molecule has 2 aliphatic rings. The smallest absolute Gasteiger partial charge is 0.318 e. The van der Waals surface area contributed by atoms with Crippen LogP contribution in [0.3, 0.4) is 0 Å². The second kappa shape index (κ2) is 10.7. The zero-order valence-corrected chi connectivity index (χ0v) is 19.6. The highest BCUT2D eigenvalue weighted by Gasteiger charge is 2.24. The maximum Gasteiger partial charge on any atom is 0.318 e. The van der Waals surface area contributed by atoms with E-state index in [1.165, 1.54) is 0 Å². The molecule has 2 aromatic rings. The molecule has 0 saturated carbocycles. The van der Waals surface area contributed by atoms with Crippen LogP contribution >= 0.6 is 23.2 Å². The fourth-order valence-corrected chi connectivity index (χ4v) is 4.16. The molecule has 1 unspecified atom stereocenters. The Kier molecular flexibility index (Phi) is 7.67. The van der Waals surface area contributed by atoms with Crippen LogP contribution in [0.5, 0.6) is 0 Å². The van der Waals surface area contributed by atoms with Crippen LogP contribution < -0.4 is 10.6 Å². The fraction of sp³-hybridized carbons (Fsp3) is 0.500. The van der Waals surface area contributed by atoms with E-state index in [2.05, 4.69) is 25.5 Å². The van der Waals surface area contributed by atoms with Gasteiger partial charge >= 0.3 is 6.03 Å². The van der Waals surface area contributed by atoms with Crippen molar-refractivity contribution in [3.8, 4) is 0 Å². The zero-order chi connectivity index (χ0) is 22.5. The van der Waals surface area contributed by atoms with Crippen LogP contribution in [0, 0.1) is 0 Å². The summed E-state index contributed by atoms with van der Waals surface area (Å²) in [4.78, 5) is 26.1. The Balaban J connectivity index is 1.32. The largest absolute Gasteiger partial charge is 0.379 e. The Labute approximate surface area is 198 Å². The predicted octanol–water partition coefficient (Wildman–Crippen LogP) is 3.36. The van der Waals surface area contributed by atoms with E-state index in [1.807, 2.05) is 19.2 Å². The summed E-state index contributed by atoms with van der Waals surface area (Å²) in [5.41, 5.74) is 2.88. The van der Waals surface area contributed by atoms with Crippen molar-refractivity contribution in [3.63, 3.8) is 0 Å². The lowest BCUT2D eigenvalue weighted by atomic mass is 10.1. The van der Waals surface area contributed by atoms with Gasteiger partial charge in [0.25, 0.3) is 0 Å². The van der Waals surface area contributed by atoms with E-state index in [9.17, 15) is 4.79 Å². The summed E-state index contributed by atoms with van der Waals surface area (Å²) in [6.45, 7) is 8.18. The molecule has 2 N–H and O–H groups in total. The van der Waals surface area contributed by atoms with Crippen molar-refractivity contribution in [1.29, 1.82) is 0 Å². The first-order valence-electron chi connectivity index (χ1n) is 10.9. The molecule has 3 heterocycles. The van der Waals surface area contributed by atoms with Gasteiger partial charge in [-0.15, -0.1) is 0 Å². The van der Waals surface area contributed by atoms with Crippen LogP contribution in [0.1, 0.15) is 29.8 Å². The molecule has 2 aliphatic heterocycles. The Hall–Kier alpha value is -2.13. The number of hydrogen-bond acceptors (Lipinski definition) is 6. The van der Waals surface area contributed by atoms with Crippen LogP contribution in [0.2, 0.25) is 10.0 Å². The second-order valence-electron chi connectivity index (χ2n) is 8.06. The normalized spacial score (nSPS) is 17.5. The summed E-state index contributed by atoms with van der Waals surface area (Å²) in [5.74, 6) is 0.600. The number of nitrogens with one attached hydrogen (secondary N) is 2. The molecule has 10 heteroatoms. The summed E-state index contributed by atoms with van der Waals surface area (Å²) in [6.07, 6.45) is 2.60. The van der Waals surface area contributed by atoms with E-state index in [4.69, 9.17) is 27.9 Å². The lowest BCUT2D eigenvalue weighted by Gasteiger charge is -2.30. The van der Waals surface area contributed by atoms with Gasteiger partial charge in [0.1, 0.15) is 0 Å². The van der Waals surface area contributed by atoms with Gasteiger partial charge < -0.3 is 20.3 Å². The third-order valence-corrected chi connectivity index (χ3v) is 6.57. The fourth-order valence-electron chi connectivity index (χ4n) is 3.85. The van der Waals surface area contributed by atoms with Crippen molar-refractivity contribution >= 4 is 35.2 Å². The van der Waals surface area contributed by atoms with Gasteiger partial charge in [-0.1, -0.05) is 29.3 Å². The van der Waals surface area contributed by atoms with Gasteiger partial charge in [-0.25, -0.2) is 14.8 Å². The van der Waals surface area contributed by atoms with Gasteiger partial charge in [-0.05, 0) is 36.6 Å². The van der Waals surface area contributed by atoms with Crippen LogP contribution in [0.4, 0.5) is 10.7 Å². The number of halogens is 2. The number of carbonyl (C=O) groups excluding carboxylic acids is 1. The summed E-state index contributed by atoms with van der Waals surface area (Å²) >= 11 is 12.1. The average molecular weight is 479 g/mol. The van der Waals surface area contributed by atoms with E-state index in [0.29, 0.717) is 29.1 Å². The Morgan fingerprint density at radius 2 is 2.03 bits per heavy atom. The quantitative estimate of drug-likeness (QED) is 0.662. The third kappa shape index (κ3) is 5.81. The standard InChI is InChI=1S/C22H28Cl2N6O2/c1-15(16-2-3-18(23)19(24)12-16)27-22(31)30-6-4-17-13-26-21(28-20(17)14-30)25-5-7-29-8-10-32-11-9-29/h2-3,12-13,15H,4-11,14H2,1H3,(H,27,31)(H,25,26,28). The summed E-state index contributed by atoms with van der Waals surface area (Å²) in [5, 5.41) is 7.31. The molecule has 32 heavy (non-hydrogen) atoms. The van der Waals surface area contributed by atoms with Gasteiger partial charge in [0.2, 0.25) is 5.95 Å². The van der Waals surface area contributed by atoms with Crippen LogP contribution in [0.25, 0.3) is 0 Å². The summed E-state index contributed by atoms with van der Waals surface area (Å²) < 4.78 is 5.38. The van der Waals surface area contributed by atoms with E-state index in [-0.39, 0.29) is 12.1 Å². The molecule has 8 nitrogen and oxygen atoms in total. The van der Waals surface area contributed by atoms with E-state index < -0.39 is 0 Å². The Morgan fingerprint density at radius 1 is 1.22 bits per heavy atom. The number of anilines is 1. The van der Waals surface area contributed by atoms with Crippen LogP contribution in [0.15, 0.2) is 24.4 Å². The van der Waals surface area contributed by atoms with Crippen molar-refractivity contribution in [2.24, 2.45) is 0 Å². The number of ether oxygens (including phenoxy) is 1. The SMILES string of the molecule is CC(NC(=O)N1CCc2cnc(NCCN3CCOCC3)nc2C1)c1ccc(Cl)c(Cl)c1. The number of benzene rings is 1. The van der Waals surface area contributed by atoms with Crippen molar-refractivity contribution in [2.45, 2.75) is 25.9 Å². The highest BCUT2D eigenvalue weighted by Crippen LogP contribution is 2.26. The number of rotatable bonds is 6. The van der Waals surface area contributed by atoms with Crippen LogP contribution in [-0.2, 0) is 17.7 Å². The monoisotopic (exact) mass is 478 g/mol. The molecule has 1 fully saturated rings. The maximum absolute atomic E-state index is 12.9. The highest BCUT2D eigenvalue weighted by molar-refractivity contribution is 6.42. The molecule has 172 valence electrons. The zero-order valence-electron chi connectivity index (χ0n) is 18.1. The maximum atomic E-state index is 12.9.